The average molecular weight is 383 g/mol. The third-order valence-electron chi connectivity index (χ3n) is 2.43. The van der Waals surface area contributed by atoms with Crippen LogP contribution in [0.5, 0.6) is 5.75 Å². The minimum absolute atomic E-state index is 0.0857. The van der Waals surface area contributed by atoms with Crippen LogP contribution in [0.2, 0.25) is 5.02 Å². The summed E-state index contributed by atoms with van der Waals surface area (Å²) in [5, 5.41) is 2.08. The van der Waals surface area contributed by atoms with Gasteiger partial charge in [0.1, 0.15) is 16.2 Å². The summed E-state index contributed by atoms with van der Waals surface area (Å²) in [6.07, 6.45) is -0.605. The Kier molecular flexibility index (Phi) is 5.62. The van der Waals surface area contributed by atoms with E-state index in [1.54, 1.807) is 11.4 Å². The maximum atomic E-state index is 12.3. The number of nitrogens with two attached hydrogens (primary N) is 1. The van der Waals surface area contributed by atoms with Crippen LogP contribution in [0.25, 0.3) is 0 Å². The molecule has 3 N–H and O–H groups in total. The second-order valence-electron chi connectivity index (χ2n) is 4.00. The lowest BCUT2D eigenvalue weighted by Gasteiger charge is -2.16. The maximum Gasteiger partial charge on any atom is 0.410 e. The Labute approximate surface area is 136 Å². The van der Waals surface area contributed by atoms with E-state index in [4.69, 9.17) is 22.0 Å². The highest BCUT2D eigenvalue weighted by atomic mass is 35.5. The predicted molar refractivity (Wildman–Crippen MR) is 84.5 cm³/mol. The second kappa shape index (κ2) is 7.10. The average Bonchev–Trinajstić information content (AvgIpc) is 3.03. The number of halogens is 1. The van der Waals surface area contributed by atoms with Crippen molar-refractivity contribution in [2.45, 2.75) is 4.21 Å². The van der Waals surface area contributed by atoms with E-state index in [2.05, 4.69) is 9.35 Å². The van der Waals surface area contributed by atoms with E-state index in [1.165, 1.54) is 30.3 Å². The van der Waals surface area contributed by atoms with Crippen molar-refractivity contribution in [1.82, 2.24) is 4.72 Å². The molecule has 0 aliphatic rings. The fourth-order valence-electron chi connectivity index (χ4n) is 1.40. The van der Waals surface area contributed by atoms with Gasteiger partial charge in [0.05, 0.1) is 0 Å². The first-order valence-electron chi connectivity index (χ1n) is 5.80. The van der Waals surface area contributed by atoms with Crippen molar-refractivity contribution in [1.29, 1.82) is 0 Å². The quantitative estimate of drug-likeness (QED) is 0.563. The molecular formula is C11H12ClN2O5PS2. The second-order valence-corrected chi connectivity index (χ2v) is 9.31. The van der Waals surface area contributed by atoms with Crippen LogP contribution in [0.15, 0.2) is 46.0 Å². The molecule has 11 heteroatoms. The van der Waals surface area contributed by atoms with Crippen LogP contribution in [-0.4, -0.2) is 14.7 Å². The number of thiophene rings is 1. The third kappa shape index (κ3) is 4.53. The van der Waals surface area contributed by atoms with Crippen LogP contribution in [0.4, 0.5) is 0 Å². The molecule has 0 amide bonds. The normalized spacial score (nSPS) is 14.5. The monoisotopic (exact) mass is 382 g/mol. The van der Waals surface area contributed by atoms with Gasteiger partial charge in [-0.05, 0) is 35.7 Å². The molecule has 1 atom stereocenters. The van der Waals surface area contributed by atoms with Crippen molar-refractivity contribution >= 4 is 40.6 Å². The number of benzene rings is 1. The maximum absolute atomic E-state index is 12.3. The van der Waals surface area contributed by atoms with E-state index in [9.17, 15) is 13.0 Å². The molecule has 0 aliphatic carbocycles. The Morgan fingerprint density at radius 3 is 2.50 bits per heavy atom. The van der Waals surface area contributed by atoms with Crippen LogP contribution < -0.4 is 15.1 Å². The van der Waals surface area contributed by atoms with Crippen LogP contribution in [0, 0.1) is 0 Å². The molecule has 0 saturated carbocycles. The first-order chi connectivity index (χ1) is 10.3. The highest BCUT2D eigenvalue weighted by Crippen LogP contribution is 2.45. The Morgan fingerprint density at radius 1 is 1.27 bits per heavy atom. The highest BCUT2D eigenvalue weighted by Gasteiger charge is 2.29. The van der Waals surface area contributed by atoms with E-state index in [0.717, 1.165) is 11.3 Å². The van der Waals surface area contributed by atoms with Crippen LogP contribution >= 0.6 is 30.5 Å². The van der Waals surface area contributed by atoms with Gasteiger partial charge in [0.15, 0.2) is 0 Å². The fraction of sp³-hybridized carbons (Fsp3) is 0.0909. The molecule has 2 rings (SSSR count). The topological polar surface area (TPSA) is 108 Å². The molecule has 1 heterocycles. The van der Waals surface area contributed by atoms with Gasteiger partial charge in [0.2, 0.25) is 0 Å². The van der Waals surface area contributed by atoms with Crippen molar-refractivity contribution in [3.8, 4) is 5.75 Å². The van der Waals surface area contributed by atoms with E-state index in [-0.39, 0.29) is 9.96 Å². The molecular weight excluding hydrogens is 371 g/mol. The van der Waals surface area contributed by atoms with E-state index in [0.29, 0.717) is 5.02 Å². The fourth-order valence-corrected chi connectivity index (χ4v) is 5.16. The summed E-state index contributed by atoms with van der Waals surface area (Å²) >= 11 is 6.75. The molecule has 7 nitrogen and oxygen atoms in total. The zero-order valence-corrected chi connectivity index (χ0v) is 14.3. The molecule has 2 aromatic rings. The third-order valence-corrected chi connectivity index (χ3v) is 7.05. The largest absolute Gasteiger partial charge is 0.423 e. The lowest BCUT2D eigenvalue weighted by molar-refractivity contribution is 0.273. The van der Waals surface area contributed by atoms with Crippen LogP contribution in [-0.2, 0) is 19.2 Å². The molecule has 0 spiro atoms. The van der Waals surface area contributed by atoms with E-state index >= 15 is 0 Å². The summed E-state index contributed by atoms with van der Waals surface area (Å²) in [6.45, 7) is 0. The standard InChI is InChI=1S/C11H12ClN2O5PS2/c12-9-3-5-10(6-4-9)18-20(15,19-13)8-14-22(16,17)11-2-1-7-21-11/h1-7,14H,8,13H2. The van der Waals surface area contributed by atoms with Crippen molar-refractivity contribution in [2.75, 3.05) is 6.29 Å². The summed E-state index contributed by atoms with van der Waals surface area (Å²) < 4.78 is 48.0. The molecule has 22 heavy (non-hydrogen) atoms. The number of nitrogens with one attached hydrogen (secondary N) is 1. The predicted octanol–water partition coefficient (Wildman–Crippen LogP) is 2.80. The van der Waals surface area contributed by atoms with Gasteiger partial charge < -0.3 is 4.52 Å². The van der Waals surface area contributed by atoms with Crippen LogP contribution in [0.3, 0.4) is 0 Å². The van der Waals surface area contributed by atoms with Gasteiger partial charge >= 0.3 is 7.60 Å². The van der Waals surface area contributed by atoms with Gasteiger partial charge in [0, 0.05) is 5.02 Å². The number of hydrogen-bond acceptors (Lipinski definition) is 7. The first kappa shape index (κ1) is 17.4. The van der Waals surface area contributed by atoms with Crippen molar-refractivity contribution in [2.24, 2.45) is 5.90 Å². The van der Waals surface area contributed by atoms with Gasteiger partial charge in [0.25, 0.3) is 10.0 Å². The minimum Gasteiger partial charge on any atom is -0.423 e. The zero-order valence-electron chi connectivity index (χ0n) is 11.0. The van der Waals surface area contributed by atoms with Gasteiger partial charge in [-0.15, -0.1) is 11.3 Å². The summed E-state index contributed by atoms with van der Waals surface area (Å²) in [5.74, 6) is 5.17. The summed E-state index contributed by atoms with van der Waals surface area (Å²) in [4.78, 5) is 0. The Bertz CT molecular complexity index is 764. The summed E-state index contributed by atoms with van der Waals surface area (Å²) in [5.41, 5.74) is 0. The van der Waals surface area contributed by atoms with Gasteiger partial charge in [-0.2, -0.15) is 4.72 Å². The molecule has 120 valence electrons. The SMILES string of the molecule is NOP(=O)(CNS(=O)(=O)c1cccs1)Oc1ccc(Cl)cc1. The number of rotatable bonds is 7. The first-order valence-corrected chi connectivity index (χ1v) is 10.3. The molecule has 0 fully saturated rings. The molecule has 0 saturated heterocycles. The zero-order chi connectivity index (χ0) is 16.2. The summed E-state index contributed by atoms with van der Waals surface area (Å²) in [7, 11) is -7.69. The molecule has 0 radical (unpaired) electrons. The Morgan fingerprint density at radius 2 is 1.95 bits per heavy atom. The Hall–Kier alpha value is -0.930. The molecule has 0 aliphatic heterocycles. The summed E-state index contributed by atoms with van der Waals surface area (Å²) in [6, 6.07) is 8.97. The van der Waals surface area contributed by atoms with Crippen molar-refractivity contribution in [3.63, 3.8) is 0 Å². The lowest BCUT2D eigenvalue weighted by Crippen LogP contribution is -2.26. The highest BCUT2D eigenvalue weighted by molar-refractivity contribution is 7.91. The smallest absolute Gasteiger partial charge is 0.410 e. The molecule has 1 aromatic carbocycles. The van der Waals surface area contributed by atoms with Gasteiger partial charge in [-0.1, -0.05) is 17.7 Å². The minimum atomic E-state index is -3.89. The van der Waals surface area contributed by atoms with E-state index in [1.807, 2.05) is 0 Å². The number of sulfonamides is 1. The molecule has 1 unspecified atom stereocenters. The van der Waals surface area contributed by atoms with Crippen molar-refractivity contribution < 1.29 is 22.1 Å². The van der Waals surface area contributed by atoms with E-state index < -0.39 is 23.9 Å². The van der Waals surface area contributed by atoms with Gasteiger partial charge in [-0.3, -0.25) is 0 Å². The lowest BCUT2D eigenvalue weighted by atomic mass is 10.3. The molecule has 0 bridgehead atoms. The van der Waals surface area contributed by atoms with Gasteiger partial charge in [-0.25, -0.2) is 23.5 Å². The number of hydrogen-bond donors (Lipinski definition) is 2. The van der Waals surface area contributed by atoms with Crippen molar-refractivity contribution in [3.05, 3.63) is 46.8 Å². The van der Waals surface area contributed by atoms with Crippen LogP contribution in [0.1, 0.15) is 0 Å². The Balaban J connectivity index is 2.08. The molecule has 1 aromatic heterocycles.